The van der Waals surface area contributed by atoms with Crippen LogP contribution in [-0.4, -0.2) is 69.1 Å². The predicted molar refractivity (Wildman–Crippen MR) is 87.4 cm³/mol. The highest BCUT2D eigenvalue weighted by atomic mass is 31.3. The number of aliphatic hydroxyl groups excluding tert-OH is 2. The van der Waals surface area contributed by atoms with Gasteiger partial charge in [-0.2, -0.15) is 9.29 Å². The number of aromatic amines is 1. The van der Waals surface area contributed by atoms with Crippen LogP contribution in [0, 0.1) is 0 Å². The van der Waals surface area contributed by atoms with Crippen molar-refractivity contribution in [3.05, 3.63) is 16.7 Å². The summed E-state index contributed by atoms with van der Waals surface area (Å²) in [6.07, 6.45) is -9.58. The van der Waals surface area contributed by atoms with E-state index in [1.54, 1.807) is 0 Å². The van der Waals surface area contributed by atoms with Gasteiger partial charge in [0, 0.05) is 0 Å². The number of fused-ring (bicyclic) bond motifs is 1. The topological polar surface area (TPSA) is 253 Å². The van der Waals surface area contributed by atoms with Crippen LogP contribution >= 0.6 is 15.6 Å². The summed E-state index contributed by atoms with van der Waals surface area (Å²) in [5.41, 5.74) is 4.31. The molecule has 0 amide bonds. The van der Waals surface area contributed by atoms with Gasteiger partial charge in [0.25, 0.3) is 5.56 Å². The van der Waals surface area contributed by atoms with Crippen LogP contribution in [0.4, 0.5) is 10.3 Å². The first-order chi connectivity index (χ1) is 13.3. The predicted octanol–water partition coefficient (Wildman–Crippen LogP) is -2.16. The molecule has 19 heteroatoms. The van der Waals surface area contributed by atoms with Crippen molar-refractivity contribution in [1.29, 1.82) is 0 Å². The molecule has 6 atom stereocenters. The fraction of sp³-hybridized carbons (Fsp3) is 0.500. The molecule has 16 nitrogen and oxygen atoms in total. The van der Waals surface area contributed by atoms with E-state index in [0.717, 1.165) is 10.9 Å². The summed E-state index contributed by atoms with van der Waals surface area (Å²) in [6, 6.07) is 0. The standard InChI is InChI=1S/C10H14FN5O11P2/c11-6(26-29(23,24)27-28(20,21)22)5-3(17)4(18)9(25-5)16-1-13-2-7(16)14-10(12)15-8(2)19/h1,3-6,9,17-18H,(H,23,24)(H2,20,21,22)(H3,12,14,15,19)/t3-,4+,5-,6?,9+/m0/s1. The van der Waals surface area contributed by atoms with Crippen molar-refractivity contribution in [2.45, 2.75) is 30.9 Å². The van der Waals surface area contributed by atoms with Gasteiger partial charge in [-0.1, -0.05) is 0 Å². The molecule has 0 aromatic carbocycles. The molecule has 3 heterocycles. The number of anilines is 1. The smallest absolute Gasteiger partial charge is 0.387 e. The number of phosphoric acid groups is 2. The van der Waals surface area contributed by atoms with Crippen molar-refractivity contribution in [2.75, 3.05) is 5.73 Å². The lowest BCUT2D eigenvalue weighted by Crippen LogP contribution is -2.37. The molecule has 1 aliphatic rings. The average molecular weight is 461 g/mol. The fourth-order valence-corrected chi connectivity index (χ4v) is 4.21. The quantitative estimate of drug-likeness (QED) is 0.226. The molecule has 0 bridgehead atoms. The number of aromatic nitrogens is 4. The number of nitrogens with one attached hydrogen (secondary N) is 1. The van der Waals surface area contributed by atoms with E-state index in [1.807, 2.05) is 0 Å². The van der Waals surface area contributed by atoms with Crippen LogP contribution in [0.1, 0.15) is 6.23 Å². The van der Waals surface area contributed by atoms with E-state index in [-0.39, 0.29) is 17.1 Å². The summed E-state index contributed by atoms with van der Waals surface area (Å²) < 4.78 is 49.7. The zero-order valence-corrected chi connectivity index (χ0v) is 15.6. The molecule has 2 unspecified atom stereocenters. The third-order valence-corrected chi connectivity index (χ3v) is 5.85. The largest absolute Gasteiger partial charge is 0.483 e. The Morgan fingerprint density at radius 2 is 1.97 bits per heavy atom. The number of nitrogens with zero attached hydrogens (tertiary/aromatic N) is 3. The number of hydrogen-bond donors (Lipinski definition) is 7. The first kappa shape index (κ1) is 21.9. The molecule has 1 saturated heterocycles. The zero-order valence-electron chi connectivity index (χ0n) is 13.8. The van der Waals surface area contributed by atoms with Crippen molar-refractivity contribution >= 4 is 32.8 Å². The third-order valence-electron chi connectivity index (χ3n) is 3.70. The number of ether oxygens (including phenoxy) is 1. The molecule has 29 heavy (non-hydrogen) atoms. The van der Waals surface area contributed by atoms with E-state index in [2.05, 4.69) is 23.8 Å². The molecule has 2 aromatic heterocycles. The summed E-state index contributed by atoms with van der Waals surface area (Å²) in [7, 11) is -11.1. The molecular weight excluding hydrogens is 447 g/mol. The van der Waals surface area contributed by atoms with Gasteiger partial charge in [0.15, 0.2) is 17.4 Å². The summed E-state index contributed by atoms with van der Waals surface area (Å²) >= 11 is 0. The molecule has 1 aliphatic heterocycles. The van der Waals surface area contributed by atoms with Gasteiger partial charge in [-0.3, -0.25) is 14.3 Å². The number of halogens is 1. The van der Waals surface area contributed by atoms with Crippen LogP contribution in [0.15, 0.2) is 11.1 Å². The van der Waals surface area contributed by atoms with Crippen molar-refractivity contribution < 1.29 is 52.0 Å². The van der Waals surface area contributed by atoms with Crippen molar-refractivity contribution in [2.24, 2.45) is 0 Å². The maximum Gasteiger partial charge on any atom is 0.483 e. The normalized spacial score (nSPS) is 28.5. The molecule has 162 valence electrons. The first-order valence-electron chi connectivity index (χ1n) is 7.45. The minimum Gasteiger partial charge on any atom is -0.387 e. The van der Waals surface area contributed by atoms with Gasteiger partial charge in [-0.15, -0.1) is 0 Å². The lowest BCUT2D eigenvalue weighted by Gasteiger charge is -2.21. The van der Waals surface area contributed by atoms with Crippen LogP contribution in [0.25, 0.3) is 11.2 Å². The number of nitrogens with two attached hydrogens (primary N) is 1. The van der Waals surface area contributed by atoms with Crippen LogP contribution in [0.2, 0.25) is 0 Å². The number of phosphoric ester groups is 1. The Kier molecular flexibility index (Phi) is 5.65. The monoisotopic (exact) mass is 461 g/mol. The minimum atomic E-state index is -5.61. The van der Waals surface area contributed by atoms with Crippen LogP contribution in [0.3, 0.4) is 0 Å². The van der Waals surface area contributed by atoms with E-state index in [4.69, 9.17) is 20.3 Å². The van der Waals surface area contributed by atoms with Gasteiger partial charge in [0.2, 0.25) is 12.3 Å². The van der Waals surface area contributed by atoms with Crippen molar-refractivity contribution in [1.82, 2.24) is 19.5 Å². The Hall–Kier alpha value is -1.78. The maximum atomic E-state index is 14.3. The van der Waals surface area contributed by atoms with Gasteiger partial charge in [0.1, 0.15) is 18.3 Å². The molecule has 0 spiro atoms. The molecule has 0 saturated carbocycles. The number of rotatable bonds is 6. The molecule has 0 aliphatic carbocycles. The van der Waals surface area contributed by atoms with Gasteiger partial charge in [-0.05, 0) is 0 Å². The number of aliphatic hydroxyl groups is 2. The Bertz CT molecular complexity index is 1070. The van der Waals surface area contributed by atoms with Crippen molar-refractivity contribution in [3.63, 3.8) is 0 Å². The summed E-state index contributed by atoms with van der Waals surface area (Å²) in [4.78, 5) is 47.7. The lowest BCUT2D eigenvalue weighted by molar-refractivity contribution is -0.124. The fourth-order valence-electron chi connectivity index (χ4n) is 2.60. The van der Waals surface area contributed by atoms with Crippen LogP contribution in [0.5, 0.6) is 0 Å². The van der Waals surface area contributed by atoms with Gasteiger partial charge in [0.05, 0.1) is 6.33 Å². The van der Waals surface area contributed by atoms with E-state index in [9.17, 15) is 33.4 Å². The molecular formula is C10H14FN5O11P2. The van der Waals surface area contributed by atoms with Gasteiger partial charge in [-0.25, -0.2) is 23.0 Å². The van der Waals surface area contributed by atoms with Crippen LogP contribution in [-0.2, 0) is 22.7 Å². The number of H-pyrrole nitrogens is 1. The van der Waals surface area contributed by atoms with E-state index < -0.39 is 52.1 Å². The second-order valence-corrected chi connectivity index (χ2v) is 8.53. The SMILES string of the molecule is Nc1nc2c(ncn2[C@@H]2O[C@H](C(F)OP(=O)(O)OP(=O)(O)O)[C@@H](O)[C@H]2O)c(=O)[nH]1. The summed E-state index contributed by atoms with van der Waals surface area (Å²) in [5, 5.41) is 20.2. The summed E-state index contributed by atoms with van der Waals surface area (Å²) in [6.45, 7) is 0. The number of nitrogen functional groups attached to an aromatic ring is 1. The van der Waals surface area contributed by atoms with E-state index in [0.29, 0.717) is 0 Å². The van der Waals surface area contributed by atoms with Crippen LogP contribution < -0.4 is 11.3 Å². The Morgan fingerprint density at radius 1 is 1.31 bits per heavy atom. The van der Waals surface area contributed by atoms with Gasteiger partial charge < -0.3 is 35.4 Å². The molecule has 0 radical (unpaired) electrons. The molecule has 2 aromatic rings. The van der Waals surface area contributed by atoms with E-state index >= 15 is 0 Å². The second kappa shape index (κ2) is 7.48. The second-order valence-electron chi connectivity index (χ2n) is 5.75. The number of hydrogen-bond acceptors (Lipinski definition) is 11. The molecule has 3 rings (SSSR count). The zero-order chi connectivity index (χ0) is 21.7. The summed E-state index contributed by atoms with van der Waals surface area (Å²) in [5.74, 6) is -0.309. The number of imidazole rings is 1. The number of alkyl halides is 1. The van der Waals surface area contributed by atoms with Crippen molar-refractivity contribution in [3.8, 4) is 0 Å². The minimum absolute atomic E-state index is 0.183. The maximum absolute atomic E-state index is 14.3. The highest BCUT2D eigenvalue weighted by molar-refractivity contribution is 7.60. The Morgan fingerprint density at radius 3 is 2.59 bits per heavy atom. The van der Waals surface area contributed by atoms with Gasteiger partial charge >= 0.3 is 15.6 Å². The average Bonchev–Trinajstić information content (AvgIpc) is 3.07. The highest BCUT2D eigenvalue weighted by Crippen LogP contribution is 2.58. The Labute approximate surface area is 158 Å². The molecule has 8 N–H and O–H groups in total. The first-order valence-corrected chi connectivity index (χ1v) is 10.5. The lowest BCUT2D eigenvalue weighted by atomic mass is 10.1. The highest BCUT2D eigenvalue weighted by Gasteiger charge is 2.51. The Balaban J connectivity index is 1.85. The van der Waals surface area contributed by atoms with E-state index in [1.165, 1.54) is 0 Å². The molecule has 1 fully saturated rings. The third kappa shape index (κ3) is 4.54.